The number of imidazole rings is 1. The van der Waals surface area contributed by atoms with Crippen molar-refractivity contribution in [3.8, 4) is 33.9 Å². The average molecular weight is 424 g/mol. The molecule has 6 aromatic rings. The summed E-state index contributed by atoms with van der Waals surface area (Å²) in [6, 6.07) is 8.76. The minimum Gasteiger partial charge on any atom is -0.335 e. The van der Waals surface area contributed by atoms with Crippen molar-refractivity contribution < 1.29 is 4.39 Å². The Hall–Kier alpha value is -4.40. The van der Waals surface area contributed by atoms with Crippen molar-refractivity contribution in [2.45, 2.75) is 6.92 Å². The number of benzene rings is 1. The quantitative estimate of drug-likeness (QED) is 0.438. The Bertz CT molecular complexity index is 1600. The van der Waals surface area contributed by atoms with Crippen LogP contribution in [0.1, 0.15) is 5.56 Å². The summed E-state index contributed by atoms with van der Waals surface area (Å²) in [6.45, 7) is 1.86. The van der Waals surface area contributed by atoms with Crippen molar-refractivity contribution in [2.75, 3.05) is 0 Å². The first-order valence-corrected chi connectivity index (χ1v) is 10.0. The second-order valence-corrected chi connectivity index (χ2v) is 7.75. The van der Waals surface area contributed by atoms with E-state index in [0.717, 1.165) is 39.0 Å². The number of fused-ring (bicyclic) bond motifs is 2. The van der Waals surface area contributed by atoms with E-state index in [1.165, 1.54) is 12.1 Å². The van der Waals surface area contributed by atoms with Gasteiger partial charge in [-0.15, -0.1) is 0 Å². The van der Waals surface area contributed by atoms with E-state index in [1.807, 2.05) is 38.4 Å². The maximum atomic E-state index is 14.0. The molecule has 0 aliphatic carbocycles. The first-order valence-electron chi connectivity index (χ1n) is 10.0. The maximum Gasteiger partial charge on any atom is 0.161 e. The maximum absolute atomic E-state index is 14.0. The number of halogens is 1. The van der Waals surface area contributed by atoms with Gasteiger partial charge in [0.2, 0.25) is 0 Å². The van der Waals surface area contributed by atoms with Gasteiger partial charge in [0, 0.05) is 30.6 Å². The number of pyridine rings is 2. The Labute approximate surface area is 181 Å². The normalized spacial score (nSPS) is 11.6. The van der Waals surface area contributed by atoms with Crippen molar-refractivity contribution in [1.29, 1.82) is 0 Å². The molecule has 0 saturated heterocycles. The van der Waals surface area contributed by atoms with Gasteiger partial charge >= 0.3 is 0 Å². The molecule has 32 heavy (non-hydrogen) atoms. The Balaban J connectivity index is 1.51. The fourth-order valence-electron chi connectivity index (χ4n) is 3.93. The zero-order valence-corrected chi connectivity index (χ0v) is 17.3. The van der Waals surface area contributed by atoms with Crippen molar-refractivity contribution in [2.24, 2.45) is 7.05 Å². The van der Waals surface area contributed by atoms with E-state index in [2.05, 4.69) is 25.3 Å². The van der Waals surface area contributed by atoms with Gasteiger partial charge < -0.3 is 4.98 Å². The van der Waals surface area contributed by atoms with Crippen LogP contribution in [0.3, 0.4) is 0 Å². The summed E-state index contributed by atoms with van der Waals surface area (Å²) in [6.07, 6.45) is 7.08. The van der Waals surface area contributed by atoms with Crippen LogP contribution < -0.4 is 0 Å². The van der Waals surface area contributed by atoms with Gasteiger partial charge in [0.15, 0.2) is 11.5 Å². The van der Waals surface area contributed by atoms with Crippen LogP contribution in [0, 0.1) is 12.7 Å². The van der Waals surface area contributed by atoms with Gasteiger partial charge in [-0.25, -0.2) is 14.4 Å². The molecule has 0 atom stereocenters. The topological polar surface area (TPSA) is 101 Å². The van der Waals surface area contributed by atoms with E-state index < -0.39 is 0 Å². The highest BCUT2D eigenvalue weighted by Gasteiger charge is 2.17. The van der Waals surface area contributed by atoms with Crippen LogP contribution in [0.15, 0.2) is 55.1 Å². The van der Waals surface area contributed by atoms with E-state index in [0.29, 0.717) is 22.6 Å². The molecule has 2 N–H and O–H groups in total. The van der Waals surface area contributed by atoms with Crippen molar-refractivity contribution in [3.05, 3.63) is 66.5 Å². The lowest BCUT2D eigenvalue weighted by atomic mass is 10.0. The molecule has 0 aliphatic rings. The number of aryl methyl sites for hydroxylation is 2. The minimum atomic E-state index is -0.293. The summed E-state index contributed by atoms with van der Waals surface area (Å²) in [5.74, 6) is 0.266. The molecule has 0 saturated carbocycles. The molecule has 0 spiro atoms. The summed E-state index contributed by atoms with van der Waals surface area (Å²) in [5, 5.41) is 11.7. The number of hydrogen-bond donors (Lipinski definition) is 2. The van der Waals surface area contributed by atoms with Gasteiger partial charge in [-0.1, -0.05) is 6.07 Å². The van der Waals surface area contributed by atoms with Crippen LogP contribution in [0.4, 0.5) is 4.39 Å². The van der Waals surface area contributed by atoms with Crippen molar-refractivity contribution in [3.63, 3.8) is 0 Å². The monoisotopic (exact) mass is 424 g/mol. The van der Waals surface area contributed by atoms with Crippen LogP contribution in [0.25, 0.3) is 56.0 Å². The van der Waals surface area contributed by atoms with E-state index in [4.69, 9.17) is 9.97 Å². The summed E-state index contributed by atoms with van der Waals surface area (Å²) >= 11 is 0. The molecular weight excluding hydrogens is 407 g/mol. The third-order valence-electron chi connectivity index (χ3n) is 5.38. The van der Waals surface area contributed by atoms with E-state index >= 15 is 0 Å². The van der Waals surface area contributed by atoms with Crippen LogP contribution in [-0.2, 0) is 7.05 Å². The lowest BCUT2D eigenvalue weighted by Crippen LogP contribution is -1.87. The van der Waals surface area contributed by atoms with Crippen LogP contribution >= 0.6 is 0 Å². The zero-order chi connectivity index (χ0) is 21.8. The molecule has 1 aromatic carbocycles. The molecule has 0 radical (unpaired) electrons. The Morgan fingerprint density at radius 1 is 0.938 bits per heavy atom. The molecule has 0 bridgehead atoms. The number of nitrogens with zero attached hydrogens (tertiary/aromatic N) is 6. The summed E-state index contributed by atoms with van der Waals surface area (Å²) < 4.78 is 15.8. The van der Waals surface area contributed by atoms with Gasteiger partial charge in [-0.05, 0) is 42.3 Å². The highest BCUT2D eigenvalue weighted by atomic mass is 19.1. The largest absolute Gasteiger partial charge is 0.335 e. The molecule has 5 heterocycles. The van der Waals surface area contributed by atoms with Crippen molar-refractivity contribution in [1.82, 2.24) is 39.9 Å². The summed E-state index contributed by atoms with van der Waals surface area (Å²) in [4.78, 5) is 17.2. The van der Waals surface area contributed by atoms with Crippen LogP contribution in [-0.4, -0.2) is 39.9 Å². The van der Waals surface area contributed by atoms with E-state index in [-0.39, 0.29) is 5.82 Å². The zero-order valence-electron chi connectivity index (χ0n) is 17.3. The first kappa shape index (κ1) is 18.4. The minimum absolute atomic E-state index is 0.293. The number of aromatic amines is 2. The lowest BCUT2D eigenvalue weighted by Gasteiger charge is -2.04. The SMILES string of the molecule is Cc1cc(F)cc(-c2cncc3[nH]c(-c4n[nH]c5ccc(-c6cnn(C)c6)nc45)nc23)c1. The molecule has 8 nitrogen and oxygen atoms in total. The summed E-state index contributed by atoms with van der Waals surface area (Å²) in [7, 11) is 1.87. The second kappa shape index (κ2) is 6.81. The molecule has 0 unspecified atom stereocenters. The molecule has 156 valence electrons. The van der Waals surface area contributed by atoms with Crippen LogP contribution in [0.2, 0.25) is 0 Å². The van der Waals surface area contributed by atoms with Crippen LogP contribution in [0.5, 0.6) is 0 Å². The predicted octanol–water partition coefficient (Wildman–Crippen LogP) is 4.41. The number of rotatable bonds is 3. The lowest BCUT2D eigenvalue weighted by molar-refractivity contribution is 0.627. The fraction of sp³-hybridized carbons (Fsp3) is 0.0870. The van der Waals surface area contributed by atoms with E-state index in [1.54, 1.807) is 23.3 Å². The van der Waals surface area contributed by atoms with Gasteiger partial charge in [0.05, 0.1) is 34.6 Å². The Morgan fingerprint density at radius 3 is 2.66 bits per heavy atom. The number of aromatic nitrogens is 8. The van der Waals surface area contributed by atoms with E-state index in [9.17, 15) is 4.39 Å². The van der Waals surface area contributed by atoms with Gasteiger partial charge in [-0.2, -0.15) is 10.2 Å². The molecule has 5 aromatic heterocycles. The predicted molar refractivity (Wildman–Crippen MR) is 119 cm³/mol. The molecule has 9 heteroatoms. The third-order valence-corrected chi connectivity index (χ3v) is 5.38. The molecule has 6 rings (SSSR count). The molecular formula is C23H17FN8. The second-order valence-electron chi connectivity index (χ2n) is 7.75. The smallest absolute Gasteiger partial charge is 0.161 e. The highest BCUT2D eigenvalue weighted by molar-refractivity contribution is 5.95. The van der Waals surface area contributed by atoms with Gasteiger partial charge in [-0.3, -0.25) is 14.8 Å². The molecule has 0 aliphatic heterocycles. The molecule has 0 fully saturated rings. The average Bonchev–Trinajstić information content (AvgIpc) is 3.49. The third kappa shape index (κ3) is 2.94. The highest BCUT2D eigenvalue weighted by Crippen LogP contribution is 2.31. The Kier molecular flexibility index (Phi) is 3.91. The number of hydrogen-bond acceptors (Lipinski definition) is 5. The first-order chi connectivity index (χ1) is 15.5. The van der Waals surface area contributed by atoms with Gasteiger partial charge in [0.1, 0.15) is 11.3 Å². The van der Waals surface area contributed by atoms with Crippen molar-refractivity contribution >= 4 is 22.1 Å². The number of nitrogens with one attached hydrogen (secondary N) is 2. The molecule has 0 amide bonds. The number of H-pyrrole nitrogens is 2. The standard InChI is InChI=1S/C23H17FN8/c1-12-5-13(7-15(24)6-12)16-9-25-10-19-20(16)29-23(28-19)22-21-18(30-31-22)4-3-17(27-21)14-8-26-32(2)11-14/h3-11H,1-2H3,(H,28,29)(H,30,31). The Morgan fingerprint density at radius 2 is 1.84 bits per heavy atom. The summed E-state index contributed by atoms with van der Waals surface area (Å²) in [5.41, 5.74) is 7.54. The van der Waals surface area contributed by atoms with Gasteiger partial charge in [0.25, 0.3) is 0 Å². The fourth-order valence-corrected chi connectivity index (χ4v) is 3.93.